The molecule has 0 spiro atoms. The van der Waals surface area contributed by atoms with Crippen LogP contribution in [-0.2, 0) is 12.8 Å². The number of rotatable bonds is 5. The van der Waals surface area contributed by atoms with Crippen LogP contribution in [0.15, 0.2) is 28.8 Å². The predicted molar refractivity (Wildman–Crippen MR) is 71.6 cm³/mol. The number of phenols is 1. The van der Waals surface area contributed by atoms with Crippen molar-refractivity contribution in [2.45, 2.75) is 39.5 Å². The van der Waals surface area contributed by atoms with Crippen LogP contribution in [0.1, 0.15) is 38.0 Å². The van der Waals surface area contributed by atoms with Crippen molar-refractivity contribution in [3.63, 3.8) is 0 Å². The highest BCUT2D eigenvalue weighted by Crippen LogP contribution is 2.30. The zero-order valence-corrected chi connectivity index (χ0v) is 10.9. The Kier molecular flexibility index (Phi) is 4.03. The molecule has 0 amide bonds. The molecule has 1 heterocycles. The Bertz CT molecular complexity index is 517. The van der Waals surface area contributed by atoms with Gasteiger partial charge in [0.2, 0.25) is 0 Å². The normalized spacial score (nSPS) is 10.8. The molecule has 3 heteroatoms. The lowest BCUT2D eigenvalue weighted by Crippen LogP contribution is -1.86. The smallest absolute Gasteiger partial charge is 0.137 e. The van der Waals surface area contributed by atoms with E-state index in [4.69, 9.17) is 4.52 Å². The first-order valence-electron chi connectivity index (χ1n) is 6.52. The zero-order valence-electron chi connectivity index (χ0n) is 10.9. The maximum Gasteiger partial charge on any atom is 0.137 e. The third-order valence-corrected chi connectivity index (χ3v) is 2.93. The first-order valence-corrected chi connectivity index (χ1v) is 6.52. The highest BCUT2D eigenvalue weighted by molar-refractivity contribution is 5.67. The maximum atomic E-state index is 9.91. The molecule has 0 saturated carbocycles. The summed E-state index contributed by atoms with van der Waals surface area (Å²) in [5, 5.41) is 13.9. The molecule has 1 aromatic heterocycles. The van der Waals surface area contributed by atoms with Crippen molar-refractivity contribution in [2.75, 3.05) is 0 Å². The van der Waals surface area contributed by atoms with Gasteiger partial charge in [-0.2, -0.15) is 0 Å². The molecule has 3 nitrogen and oxygen atoms in total. The molecule has 96 valence electrons. The molecule has 1 aromatic carbocycles. The first kappa shape index (κ1) is 12.7. The summed E-state index contributed by atoms with van der Waals surface area (Å²) in [5.41, 5.74) is 2.69. The summed E-state index contributed by atoms with van der Waals surface area (Å²) < 4.78 is 5.25. The number of benzene rings is 1. The third kappa shape index (κ3) is 2.73. The predicted octanol–water partition coefficient (Wildman–Crippen LogP) is 3.95. The molecular weight excluding hydrogens is 226 g/mol. The molecule has 0 bridgehead atoms. The molecule has 0 atom stereocenters. The number of aromatic hydroxyl groups is 1. The fraction of sp³-hybridized carbons (Fsp3) is 0.400. The highest BCUT2D eigenvalue weighted by atomic mass is 16.5. The minimum absolute atomic E-state index is 0.256. The van der Waals surface area contributed by atoms with Gasteiger partial charge >= 0.3 is 0 Å². The Hall–Kier alpha value is -1.77. The average molecular weight is 245 g/mol. The van der Waals surface area contributed by atoms with E-state index in [1.54, 1.807) is 6.07 Å². The van der Waals surface area contributed by atoms with E-state index in [9.17, 15) is 5.11 Å². The number of hydrogen-bond acceptors (Lipinski definition) is 3. The first-order chi connectivity index (χ1) is 8.74. The number of nitrogens with zero attached hydrogens (tertiary/aromatic N) is 1. The number of phenolic OH excluding ortho intramolecular Hbond substituents is 1. The fourth-order valence-corrected chi connectivity index (χ4v) is 2.04. The van der Waals surface area contributed by atoms with Crippen molar-refractivity contribution < 1.29 is 9.63 Å². The summed E-state index contributed by atoms with van der Waals surface area (Å²) in [6, 6.07) is 7.59. The van der Waals surface area contributed by atoms with Crippen molar-refractivity contribution in [3.05, 3.63) is 35.6 Å². The molecule has 0 radical (unpaired) electrons. The third-order valence-electron chi connectivity index (χ3n) is 2.93. The monoisotopic (exact) mass is 245 g/mol. The van der Waals surface area contributed by atoms with E-state index in [0.29, 0.717) is 5.69 Å². The van der Waals surface area contributed by atoms with Crippen LogP contribution in [0, 0.1) is 0 Å². The lowest BCUT2D eigenvalue weighted by Gasteiger charge is -2.04. The van der Waals surface area contributed by atoms with Crippen LogP contribution < -0.4 is 0 Å². The van der Waals surface area contributed by atoms with Gasteiger partial charge in [0.15, 0.2) is 0 Å². The van der Waals surface area contributed by atoms with Crippen LogP contribution in [0.2, 0.25) is 0 Å². The molecule has 0 unspecified atom stereocenters. The topological polar surface area (TPSA) is 46.3 Å². The standard InChI is InChI=1S/C15H19NO2/c1-3-5-11-7-8-15(17)13(9-11)14-10-12(6-4-2)18-16-14/h7-10,17H,3-6H2,1-2H3. The molecule has 2 aromatic rings. The van der Waals surface area contributed by atoms with Gasteiger partial charge in [-0.25, -0.2) is 0 Å². The van der Waals surface area contributed by atoms with Crippen LogP contribution in [0.25, 0.3) is 11.3 Å². The summed E-state index contributed by atoms with van der Waals surface area (Å²) in [7, 11) is 0. The summed E-state index contributed by atoms with van der Waals surface area (Å²) in [4.78, 5) is 0. The Morgan fingerprint density at radius 1 is 1.11 bits per heavy atom. The average Bonchev–Trinajstić information content (AvgIpc) is 2.81. The molecule has 0 fully saturated rings. The molecule has 2 rings (SSSR count). The Morgan fingerprint density at radius 2 is 1.89 bits per heavy atom. The lowest BCUT2D eigenvalue weighted by atomic mass is 10.0. The van der Waals surface area contributed by atoms with E-state index in [-0.39, 0.29) is 5.75 Å². The molecule has 0 aliphatic rings. The number of hydrogen-bond donors (Lipinski definition) is 1. The number of aryl methyl sites for hydroxylation is 2. The van der Waals surface area contributed by atoms with Crippen LogP contribution >= 0.6 is 0 Å². The molecule has 0 aliphatic carbocycles. The van der Waals surface area contributed by atoms with Gasteiger partial charge in [0.25, 0.3) is 0 Å². The molecule has 1 N–H and O–H groups in total. The zero-order chi connectivity index (χ0) is 13.0. The summed E-state index contributed by atoms with van der Waals surface area (Å²) in [6.45, 7) is 4.24. The van der Waals surface area contributed by atoms with Gasteiger partial charge in [-0.15, -0.1) is 0 Å². The van der Waals surface area contributed by atoms with Crippen LogP contribution in [0.3, 0.4) is 0 Å². The minimum atomic E-state index is 0.256. The Labute approximate surface area is 107 Å². The van der Waals surface area contributed by atoms with E-state index in [1.165, 1.54) is 5.56 Å². The van der Waals surface area contributed by atoms with Gasteiger partial charge in [0.05, 0.1) is 0 Å². The van der Waals surface area contributed by atoms with Crippen molar-refractivity contribution in [1.82, 2.24) is 5.16 Å². The highest BCUT2D eigenvalue weighted by Gasteiger charge is 2.11. The fourth-order valence-electron chi connectivity index (χ4n) is 2.04. The van der Waals surface area contributed by atoms with E-state index in [0.717, 1.165) is 37.0 Å². The van der Waals surface area contributed by atoms with E-state index in [2.05, 4.69) is 19.0 Å². The summed E-state index contributed by atoms with van der Waals surface area (Å²) >= 11 is 0. The van der Waals surface area contributed by atoms with Crippen molar-refractivity contribution in [3.8, 4) is 17.0 Å². The lowest BCUT2D eigenvalue weighted by molar-refractivity contribution is 0.383. The second kappa shape index (κ2) is 5.71. The van der Waals surface area contributed by atoms with E-state index < -0.39 is 0 Å². The van der Waals surface area contributed by atoms with Gasteiger partial charge < -0.3 is 9.63 Å². The molecular formula is C15H19NO2. The Balaban J connectivity index is 2.32. The van der Waals surface area contributed by atoms with Gasteiger partial charge in [0.1, 0.15) is 17.2 Å². The summed E-state index contributed by atoms with van der Waals surface area (Å²) in [5.74, 6) is 1.12. The van der Waals surface area contributed by atoms with Crippen molar-refractivity contribution in [2.24, 2.45) is 0 Å². The van der Waals surface area contributed by atoms with Crippen LogP contribution in [-0.4, -0.2) is 10.3 Å². The summed E-state index contributed by atoms with van der Waals surface area (Å²) in [6.07, 6.45) is 4.00. The second-order valence-electron chi connectivity index (χ2n) is 4.53. The van der Waals surface area contributed by atoms with E-state index >= 15 is 0 Å². The van der Waals surface area contributed by atoms with Gasteiger partial charge in [0, 0.05) is 18.1 Å². The largest absolute Gasteiger partial charge is 0.507 e. The molecule has 0 aliphatic heterocycles. The second-order valence-corrected chi connectivity index (χ2v) is 4.53. The maximum absolute atomic E-state index is 9.91. The van der Waals surface area contributed by atoms with Gasteiger partial charge in [-0.1, -0.05) is 31.5 Å². The van der Waals surface area contributed by atoms with Crippen LogP contribution in [0.4, 0.5) is 0 Å². The van der Waals surface area contributed by atoms with Crippen molar-refractivity contribution in [1.29, 1.82) is 0 Å². The van der Waals surface area contributed by atoms with E-state index in [1.807, 2.05) is 18.2 Å². The van der Waals surface area contributed by atoms with Crippen molar-refractivity contribution >= 4 is 0 Å². The number of aromatic nitrogens is 1. The van der Waals surface area contributed by atoms with Gasteiger partial charge in [-0.3, -0.25) is 0 Å². The molecule has 0 saturated heterocycles. The quantitative estimate of drug-likeness (QED) is 0.867. The van der Waals surface area contributed by atoms with Crippen LogP contribution in [0.5, 0.6) is 5.75 Å². The van der Waals surface area contributed by atoms with Gasteiger partial charge in [-0.05, 0) is 30.5 Å². The molecule has 18 heavy (non-hydrogen) atoms. The SMILES string of the molecule is CCCc1ccc(O)c(-c2cc(CCC)on2)c1. The Morgan fingerprint density at radius 3 is 2.61 bits per heavy atom. The minimum Gasteiger partial charge on any atom is -0.507 e.